The van der Waals surface area contributed by atoms with E-state index in [-0.39, 0.29) is 12.5 Å². The highest BCUT2D eigenvalue weighted by Crippen LogP contribution is 2.27. The number of halogens is 2. The van der Waals surface area contributed by atoms with Gasteiger partial charge in [0.05, 0.1) is 0 Å². The minimum absolute atomic E-state index is 0.0294. The molecule has 0 spiro atoms. The summed E-state index contributed by atoms with van der Waals surface area (Å²) in [5.74, 6) is -2.11. The Bertz CT molecular complexity index is 436. The average molecular weight is 271 g/mol. The van der Waals surface area contributed by atoms with Crippen molar-refractivity contribution in [3.63, 3.8) is 0 Å². The van der Waals surface area contributed by atoms with Crippen LogP contribution in [0.5, 0.6) is 0 Å². The van der Waals surface area contributed by atoms with E-state index in [1.807, 2.05) is 4.90 Å². The summed E-state index contributed by atoms with van der Waals surface area (Å²) in [5.41, 5.74) is 0.682. The van der Waals surface area contributed by atoms with Gasteiger partial charge in [0, 0.05) is 19.1 Å². The molecular formula is C13H15F2NO3. The molecule has 4 unspecified atom stereocenters. The van der Waals surface area contributed by atoms with Crippen LogP contribution in [0.15, 0.2) is 23.8 Å². The van der Waals surface area contributed by atoms with E-state index in [1.165, 1.54) is 12.2 Å². The second-order valence-electron chi connectivity index (χ2n) is 4.89. The maximum absolute atomic E-state index is 13.1. The highest BCUT2D eigenvalue weighted by molar-refractivity contribution is 5.86. The van der Waals surface area contributed by atoms with E-state index in [2.05, 4.69) is 0 Å². The first-order chi connectivity index (χ1) is 9.01. The molecule has 104 valence electrons. The standard InChI is InChI=1S/C13H15F2NO3/c14-11-2-1-8(3-12(11)15)5-16-6-10(16)4-9(7-17)13(18)19/h1-3,7,9-12H,4-6H2,(H,18,19)/t9?,10?,11?,12-,16?/m0/s1. The fourth-order valence-corrected chi connectivity index (χ4v) is 2.16. The zero-order valence-corrected chi connectivity index (χ0v) is 10.2. The average Bonchev–Trinajstić information content (AvgIpc) is 3.08. The Balaban J connectivity index is 1.81. The van der Waals surface area contributed by atoms with Crippen molar-refractivity contribution in [2.45, 2.75) is 24.8 Å². The third kappa shape index (κ3) is 3.47. The lowest BCUT2D eigenvalue weighted by Crippen LogP contribution is -2.20. The van der Waals surface area contributed by atoms with E-state index in [9.17, 15) is 18.4 Å². The predicted molar refractivity (Wildman–Crippen MR) is 64.2 cm³/mol. The highest BCUT2D eigenvalue weighted by atomic mass is 19.2. The molecular weight excluding hydrogens is 256 g/mol. The molecule has 0 aromatic heterocycles. The zero-order valence-electron chi connectivity index (χ0n) is 10.2. The lowest BCUT2D eigenvalue weighted by atomic mass is 10.0. The molecule has 0 bridgehead atoms. The topological polar surface area (TPSA) is 57.4 Å². The Labute approximate surface area is 109 Å². The molecule has 1 fully saturated rings. The largest absolute Gasteiger partial charge is 0.481 e. The number of alkyl halides is 2. The van der Waals surface area contributed by atoms with Crippen molar-refractivity contribution in [3.8, 4) is 0 Å². The van der Waals surface area contributed by atoms with Crippen molar-refractivity contribution in [1.29, 1.82) is 0 Å². The first-order valence-corrected chi connectivity index (χ1v) is 6.10. The van der Waals surface area contributed by atoms with Crippen LogP contribution in [0.25, 0.3) is 0 Å². The summed E-state index contributed by atoms with van der Waals surface area (Å²) in [7, 11) is 0. The third-order valence-electron chi connectivity index (χ3n) is 3.39. The zero-order chi connectivity index (χ0) is 14.0. The molecule has 0 aromatic carbocycles. The number of carbonyl (C=O) groups is 2. The van der Waals surface area contributed by atoms with Crippen molar-refractivity contribution >= 4 is 12.3 Å². The van der Waals surface area contributed by atoms with Crippen LogP contribution in [-0.4, -0.2) is 53.7 Å². The third-order valence-corrected chi connectivity index (χ3v) is 3.39. The van der Waals surface area contributed by atoms with E-state index >= 15 is 0 Å². The fourth-order valence-electron chi connectivity index (χ4n) is 2.16. The normalized spacial score (nSPS) is 34.5. The molecule has 0 aromatic rings. The molecule has 1 aliphatic heterocycles. The lowest BCUT2D eigenvalue weighted by Gasteiger charge is -2.14. The maximum Gasteiger partial charge on any atom is 0.313 e. The number of aldehydes is 1. The molecule has 2 rings (SSSR count). The number of hydrogen-bond donors (Lipinski definition) is 1. The minimum Gasteiger partial charge on any atom is -0.481 e. The van der Waals surface area contributed by atoms with Gasteiger partial charge in [-0.3, -0.25) is 9.69 Å². The van der Waals surface area contributed by atoms with Gasteiger partial charge in [-0.2, -0.15) is 0 Å². The molecule has 1 saturated heterocycles. The molecule has 5 atom stereocenters. The van der Waals surface area contributed by atoms with E-state index < -0.39 is 24.2 Å². The number of hydrogen-bond acceptors (Lipinski definition) is 3. The first-order valence-electron chi connectivity index (χ1n) is 6.10. The van der Waals surface area contributed by atoms with E-state index in [0.29, 0.717) is 24.9 Å². The van der Waals surface area contributed by atoms with E-state index in [0.717, 1.165) is 0 Å². The van der Waals surface area contributed by atoms with Gasteiger partial charge < -0.3 is 9.90 Å². The quantitative estimate of drug-likeness (QED) is 0.447. The first kappa shape index (κ1) is 13.9. The smallest absolute Gasteiger partial charge is 0.313 e. The Morgan fingerprint density at radius 2 is 2.26 bits per heavy atom. The van der Waals surface area contributed by atoms with Gasteiger partial charge in [-0.1, -0.05) is 6.08 Å². The SMILES string of the molecule is O=CC(CC1CN1CC1=C[C@H](F)C(F)C=C1)C(=O)O. The number of rotatable bonds is 6. The molecule has 0 saturated carbocycles. The molecule has 0 radical (unpaired) electrons. The molecule has 6 heteroatoms. The molecule has 19 heavy (non-hydrogen) atoms. The number of allylic oxidation sites excluding steroid dienone is 2. The Morgan fingerprint density at radius 3 is 2.84 bits per heavy atom. The summed E-state index contributed by atoms with van der Waals surface area (Å²) >= 11 is 0. The summed E-state index contributed by atoms with van der Waals surface area (Å²) in [4.78, 5) is 23.2. The summed E-state index contributed by atoms with van der Waals surface area (Å²) in [6, 6.07) is 0.0294. The fraction of sp³-hybridized carbons (Fsp3) is 0.538. The van der Waals surface area contributed by atoms with Crippen LogP contribution in [0.4, 0.5) is 8.78 Å². The van der Waals surface area contributed by atoms with Gasteiger partial charge in [0.15, 0.2) is 12.3 Å². The van der Waals surface area contributed by atoms with Crippen LogP contribution in [0, 0.1) is 5.92 Å². The van der Waals surface area contributed by atoms with Crippen molar-refractivity contribution in [2.24, 2.45) is 5.92 Å². The Hall–Kier alpha value is -1.56. The predicted octanol–water partition coefficient (Wildman–Crippen LogP) is 1.13. The van der Waals surface area contributed by atoms with Crippen LogP contribution in [0.2, 0.25) is 0 Å². The number of carboxylic acid groups (broad SMARTS) is 1. The van der Waals surface area contributed by atoms with Gasteiger partial charge in [-0.15, -0.1) is 0 Å². The molecule has 0 amide bonds. The Kier molecular flexibility index (Phi) is 4.09. The summed E-state index contributed by atoms with van der Waals surface area (Å²) in [6.45, 7) is 1.14. The minimum atomic E-state index is -1.61. The summed E-state index contributed by atoms with van der Waals surface area (Å²) < 4.78 is 26.0. The van der Waals surface area contributed by atoms with E-state index in [4.69, 9.17) is 5.11 Å². The van der Waals surface area contributed by atoms with Gasteiger partial charge in [-0.25, -0.2) is 8.78 Å². The highest BCUT2D eigenvalue weighted by Gasteiger charge is 2.37. The number of carbonyl (C=O) groups excluding carboxylic acids is 1. The van der Waals surface area contributed by atoms with Crippen molar-refractivity contribution in [3.05, 3.63) is 23.8 Å². The lowest BCUT2D eigenvalue weighted by molar-refractivity contribution is -0.143. The van der Waals surface area contributed by atoms with Gasteiger partial charge in [-0.05, 0) is 24.1 Å². The van der Waals surface area contributed by atoms with Crippen LogP contribution in [0.1, 0.15) is 6.42 Å². The summed E-state index contributed by atoms with van der Waals surface area (Å²) in [6.07, 6.45) is 1.48. The Morgan fingerprint density at radius 1 is 1.53 bits per heavy atom. The van der Waals surface area contributed by atoms with Crippen molar-refractivity contribution in [1.82, 2.24) is 4.90 Å². The number of nitrogens with zero attached hydrogens (tertiary/aromatic N) is 1. The number of aliphatic carboxylic acids is 1. The van der Waals surface area contributed by atoms with Crippen LogP contribution < -0.4 is 0 Å². The second kappa shape index (κ2) is 5.61. The van der Waals surface area contributed by atoms with E-state index in [1.54, 1.807) is 6.08 Å². The molecule has 1 heterocycles. The van der Waals surface area contributed by atoms with Crippen LogP contribution >= 0.6 is 0 Å². The van der Waals surface area contributed by atoms with Gasteiger partial charge in [0.25, 0.3) is 0 Å². The van der Waals surface area contributed by atoms with Gasteiger partial charge >= 0.3 is 5.97 Å². The maximum atomic E-state index is 13.1. The van der Waals surface area contributed by atoms with Crippen LogP contribution in [0.3, 0.4) is 0 Å². The summed E-state index contributed by atoms with van der Waals surface area (Å²) in [5, 5.41) is 8.76. The number of carboxylic acids is 1. The van der Waals surface area contributed by atoms with Crippen molar-refractivity contribution < 1.29 is 23.5 Å². The molecule has 1 N–H and O–H groups in total. The molecule has 2 aliphatic rings. The van der Waals surface area contributed by atoms with Crippen LogP contribution in [-0.2, 0) is 9.59 Å². The second-order valence-corrected chi connectivity index (χ2v) is 4.89. The molecule has 4 nitrogen and oxygen atoms in total. The van der Waals surface area contributed by atoms with Gasteiger partial charge in [0.2, 0.25) is 0 Å². The van der Waals surface area contributed by atoms with Crippen molar-refractivity contribution in [2.75, 3.05) is 13.1 Å². The van der Waals surface area contributed by atoms with Gasteiger partial charge in [0.1, 0.15) is 12.2 Å². The monoisotopic (exact) mass is 271 g/mol. The molecule has 1 aliphatic carbocycles.